The minimum Gasteiger partial charge on any atom is -0.481 e. The van der Waals surface area contributed by atoms with Crippen molar-refractivity contribution < 1.29 is 28.2 Å². The van der Waals surface area contributed by atoms with Gasteiger partial charge in [-0.3, -0.25) is 9.59 Å². The van der Waals surface area contributed by atoms with Crippen molar-refractivity contribution in [2.45, 2.75) is 37.1 Å². The number of nitrogens with one attached hydrogen (secondary N) is 1. The first-order valence-corrected chi connectivity index (χ1v) is 9.10. The Hall–Kier alpha value is -2.45. The predicted octanol–water partition coefficient (Wildman–Crippen LogP) is 2.17. The van der Waals surface area contributed by atoms with E-state index in [2.05, 4.69) is 0 Å². The van der Waals surface area contributed by atoms with Crippen LogP contribution in [0.3, 0.4) is 0 Å². The third-order valence-corrected chi connectivity index (χ3v) is 5.33. The molecule has 0 unspecified atom stereocenters. The van der Waals surface area contributed by atoms with Crippen molar-refractivity contribution in [2.75, 3.05) is 0 Å². The van der Waals surface area contributed by atoms with Crippen LogP contribution < -0.4 is 4.72 Å². The van der Waals surface area contributed by atoms with Crippen LogP contribution in [0.1, 0.15) is 31.7 Å². The third-order valence-electron chi connectivity index (χ3n) is 3.80. The summed E-state index contributed by atoms with van der Waals surface area (Å²) in [7, 11) is -4.21. The van der Waals surface area contributed by atoms with E-state index in [1.165, 1.54) is 6.07 Å². The van der Waals surface area contributed by atoms with Gasteiger partial charge in [0.25, 0.3) is 0 Å². The van der Waals surface area contributed by atoms with Crippen LogP contribution in [0.15, 0.2) is 41.3 Å². The van der Waals surface area contributed by atoms with E-state index in [1.807, 2.05) is 24.6 Å². The van der Waals surface area contributed by atoms with Crippen LogP contribution in [-0.4, -0.2) is 36.6 Å². The molecule has 0 aliphatic rings. The molecular weight excluding hydrogens is 346 g/mol. The number of carboxylic acid groups (broad SMARTS) is 2. The first-order chi connectivity index (χ1) is 11.6. The fourth-order valence-corrected chi connectivity index (χ4v) is 4.06. The predicted molar refractivity (Wildman–Crippen MR) is 92.0 cm³/mol. The Morgan fingerprint density at radius 1 is 1.04 bits per heavy atom. The minimum atomic E-state index is -4.21. The lowest BCUT2D eigenvalue weighted by molar-refractivity contribution is -0.145. The van der Waals surface area contributed by atoms with Crippen molar-refractivity contribution in [1.29, 1.82) is 0 Å². The zero-order valence-electron chi connectivity index (χ0n) is 13.8. The van der Waals surface area contributed by atoms with Crippen LogP contribution in [0.5, 0.6) is 0 Å². The number of rotatable bonds is 7. The number of benzene rings is 2. The summed E-state index contributed by atoms with van der Waals surface area (Å²) in [6.45, 7) is 3.98. The van der Waals surface area contributed by atoms with Crippen molar-refractivity contribution in [3.8, 4) is 0 Å². The standard InChI is InChI=1S/C17H19NO6S/c1-10(2)11-5-3-7-13-12(11)6-4-8-15(13)25(23,24)18-14(17(21)22)9-16(19)20/h3-8,10,14,18H,9H2,1-2H3,(H,19,20)(H,21,22)/t14-/m0/s1. The van der Waals surface area contributed by atoms with Crippen molar-refractivity contribution in [3.05, 3.63) is 42.0 Å². The monoisotopic (exact) mass is 365 g/mol. The van der Waals surface area contributed by atoms with E-state index in [0.29, 0.717) is 5.39 Å². The quantitative estimate of drug-likeness (QED) is 0.691. The van der Waals surface area contributed by atoms with E-state index < -0.39 is 34.4 Å². The Bertz CT molecular complexity index is 920. The molecule has 1 atom stereocenters. The van der Waals surface area contributed by atoms with Gasteiger partial charge in [-0.25, -0.2) is 8.42 Å². The summed E-state index contributed by atoms with van der Waals surface area (Å²) in [5, 5.41) is 19.1. The molecule has 0 spiro atoms. The maximum Gasteiger partial charge on any atom is 0.322 e. The Morgan fingerprint density at radius 2 is 1.64 bits per heavy atom. The van der Waals surface area contributed by atoms with Gasteiger partial charge in [0.05, 0.1) is 11.3 Å². The van der Waals surface area contributed by atoms with Gasteiger partial charge in [-0.15, -0.1) is 0 Å². The van der Waals surface area contributed by atoms with E-state index in [9.17, 15) is 18.0 Å². The molecule has 0 aliphatic heterocycles. The van der Waals surface area contributed by atoms with Crippen LogP contribution in [0.25, 0.3) is 10.8 Å². The van der Waals surface area contributed by atoms with Crippen molar-refractivity contribution >= 4 is 32.7 Å². The highest BCUT2D eigenvalue weighted by molar-refractivity contribution is 7.89. The SMILES string of the molecule is CC(C)c1cccc2c(S(=O)(=O)N[C@@H](CC(=O)O)C(=O)O)cccc12. The summed E-state index contributed by atoms with van der Waals surface area (Å²) in [4.78, 5) is 21.9. The van der Waals surface area contributed by atoms with Gasteiger partial charge in [-0.05, 0) is 22.9 Å². The zero-order chi connectivity index (χ0) is 18.8. The first kappa shape index (κ1) is 18.9. The van der Waals surface area contributed by atoms with Crippen LogP contribution in [0.2, 0.25) is 0 Å². The molecule has 0 aliphatic carbocycles. The highest BCUT2D eigenvalue weighted by Gasteiger charge is 2.28. The van der Waals surface area contributed by atoms with E-state index >= 15 is 0 Å². The normalized spacial score (nSPS) is 13.1. The Kier molecular flexibility index (Phi) is 5.44. The molecule has 3 N–H and O–H groups in total. The number of hydrogen-bond donors (Lipinski definition) is 3. The smallest absolute Gasteiger partial charge is 0.322 e. The van der Waals surface area contributed by atoms with Crippen molar-refractivity contribution in [2.24, 2.45) is 0 Å². The number of aliphatic carboxylic acids is 2. The number of hydrogen-bond acceptors (Lipinski definition) is 4. The maximum absolute atomic E-state index is 12.7. The molecule has 134 valence electrons. The van der Waals surface area contributed by atoms with Gasteiger partial charge in [0.15, 0.2) is 0 Å². The van der Waals surface area contributed by atoms with Gasteiger partial charge in [0.2, 0.25) is 10.0 Å². The zero-order valence-corrected chi connectivity index (χ0v) is 14.6. The molecule has 0 saturated carbocycles. The average molecular weight is 365 g/mol. The van der Waals surface area contributed by atoms with Gasteiger partial charge in [0, 0.05) is 5.39 Å². The summed E-state index contributed by atoms with van der Waals surface area (Å²) in [5.74, 6) is -2.78. The lowest BCUT2D eigenvalue weighted by Gasteiger charge is -2.16. The molecule has 2 aromatic rings. The summed E-state index contributed by atoms with van der Waals surface area (Å²) < 4.78 is 27.3. The largest absolute Gasteiger partial charge is 0.481 e. The topological polar surface area (TPSA) is 121 Å². The average Bonchev–Trinajstić information content (AvgIpc) is 2.52. The van der Waals surface area contributed by atoms with Gasteiger partial charge in [0.1, 0.15) is 6.04 Å². The summed E-state index contributed by atoms with van der Waals surface area (Å²) in [5.41, 5.74) is 0.967. The fourth-order valence-electron chi connectivity index (χ4n) is 2.65. The minimum absolute atomic E-state index is 0.0795. The maximum atomic E-state index is 12.7. The van der Waals surface area contributed by atoms with Crippen molar-refractivity contribution in [3.63, 3.8) is 0 Å². The number of sulfonamides is 1. The van der Waals surface area contributed by atoms with Gasteiger partial charge in [-0.1, -0.05) is 44.2 Å². The van der Waals surface area contributed by atoms with E-state index in [0.717, 1.165) is 10.9 Å². The second-order valence-electron chi connectivity index (χ2n) is 5.96. The Labute approximate surface area is 145 Å². The lowest BCUT2D eigenvalue weighted by Crippen LogP contribution is -2.42. The molecule has 25 heavy (non-hydrogen) atoms. The second kappa shape index (κ2) is 7.20. The van der Waals surface area contributed by atoms with Gasteiger partial charge >= 0.3 is 11.9 Å². The van der Waals surface area contributed by atoms with Crippen molar-refractivity contribution in [1.82, 2.24) is 4.72 Å². The number of carbonyl (C=O) groups is 2. The molecule has 0 radical (unpaired) electrons. The van der Waals surface area contributed by atoms with Crippen LogP contribution in [0.4, 0.5) is 0 Å². The molecule has 0 aromatic heterocycles. The highest BCUT2D eigenvalue weighted by Crippen LogP contribution is 2.29. The van der Waals surface area contributed by atoms with E-state index in [4.69, 9.17) is 10.2 Å². The van der Waals surface area contributed by atoms with Gasteiger partial charge in [-0.2, -0.15) is 4.72 Å². The summed E-state index contributed by atoms with van der Waals surface area (Å²) in [6.07, 6.45) is -0.851. The molecule has 0 amide bonds. The Balaban J connectivity index is 2.54. The van der Waals surface area contributed by atoms with Crippen LogP contribution in [-0.2, 0) is 19.6 Å². The van der Waals surface area contributed by atoms with Gasteiger partial charge < -0.3 is 10.2 Å². The molecular formula is C17H19NO6S. The molecule has 0 bridgehead atoms. The molecule has 2 aromatic carbocycles. The fraction of sp³-hybridized carbons (Fsp3) is 0.294. The number of fused-ring (bicyclic) bond motifs is 1. The summed E-state index contributed by atoms with van der Waals surface area (Å²) in [6, 6.07) is 8.29. The molecule has 0 saturated heterocycles. The Morgan fingerprint density at radius 3 is 2.20 bits per heavy atom. The first-order valence-electron chi connectivity index (χ1n) is 7.62. The number of carboxylic acids is 2. The summed E-state index contributed by atoms with van der Waals surface area (Å²) >= 11 is 0. The highest BCUT2D eigenvalue weighted by atomic mass is 32.2. The molecule has 8 heteroatoms. The van der Waals surface area contributed by atoms with Crippen LogP contribution >= 0.6 is 0 Å². The van der Waals surface area contributed by atoms with E-state index in [-0.39, 0.29) is 10.8 Å². The molecule has 2 rings (SSSR count). The van der Waals surface area contributed by atoms with E-state index in [1.54, 1.807) is 24.3 Å². The second-order valence-corrected chi connectivity index (χ2v) is 7.65. The molecule has 0 heterocycles. The third kappa shape index (κ3) is 4.15. The molecule has 0 fully saturated rings. The lowest BCUT2D eigenvalue weighted by atomic mass is 9.96. The van der Waals surface area contributed by atoms with Crippen LogP contribution in [0, 0.1) is 0 Å². The molecule has 7 nitrogen and oxygen atoms in total.